The van der Waals surface area contributed by atoms with Crippen molar-refractivity contribution in [3.05, 3.63) is 77.2 Å². The van der Waals surface area contributed by atoms with Gasteiger partial charge in [0.25, 0.3) is 5.91 Å². The van der Waals surface area contributed by atoms with E-state index in [-0.39, 0.29) is 11.7 Å². The Labute approximate surface area is 197 Å². The van der Waals surface area contributed by atoms with E-state index >= 15 is 0 Å². The summed E-state index contributed by atoms with van der Waals surface area (Å²) >= 11 is 0. The molecule has 1 amide bonds. The maximum absolute atomic E-state index is 14.8. The third kappa shape index (κ3) is 3.48. The third-order valence-corrected chi connectivity index (χ3v) is 7.23. The molecule has 3 unspecified atom stereocenters. The summed E-state index contributed by atoms with van der Waals surface area (Å²) in [4.78, 5) is 27.3. The number of aryl methyl sites for hydroxylation is 2. The van der Waals surface area contributed by atoms with Crippen molar-refractivity contribution < 1.29 is 9.18 Å². The van der Waals surface area contributed by atoms with E-state index in [2.05, 4.69) is 20.0 Å². The number of amides is 1. The molecule has 2 saturated heterocycles. The Balaban J connectivity index is 1.26. The van der Waals surface area contributed by atoms with Crippen LogP contribution in [0.1, 0.15) is 39.8 Å². The number of likely N-dealkylation sites (tertiary alicyclic amines) is 1. The molecule has 1 aliphatic carbocycles. The fourth-order valence-electron chi connectivity index (χ4n) is 5.65. The molecule has 7 nitrogen and oxygen atoms in total. The molecule has 8 heteroatoms. The fraction of sp³-hybridized carbons (Fsp3) is 0.385. The molecule has 6 rings (SSSR count). The molecule has 0 bridgehead atoms. The van der Waals surface area contributed by atoms with Gasteiger partial charge in [0.2, 0.25) is 5.95 Å². The van der Waals surface area contributed by atoms with Crippen molar-refractivity contribution in [2.45, 2.75) is 26.2 Å². The van der Waals surface area contributed by atoms with Crippen LogP contribution in [0, 0.1) is 25.7 Å². The van der Waals surface area contributed by atoms with Gasteiger partial charge < -0.3 is 9.80 Å². The van der Waals surface area contributed by atoms with Crippen molar-refractivity contribution in [2.24, 2.45) is 11.8 Å². The third-order valence-electron chi connectivity index (χ3n) is 7.23. The first-order valence-electron chi connectivity index (χ1n) is 11.8. The summed E-state index contributed by atoms with van der Waals surface area (Å²) in [5.41, 5.74) is 3.72. The molecule has 3 atom stereocenters. The smallest absolute Gasteiger partial charge is 0.258 e. The van der Waals surface area contributed by atoms with Crippen LogP contribution in [0.5, 0.6) is 0 Å². The first-order chi connectivity index (χ1) is 16.5. The first-order valence-corrected chi connectivity index (χ1v) is 11.8. The van der Waals surface area contributed by atoms with E-state index < -0.39 is 5.92 Å². The molecule has 5 heterocycles. The van der Waals surface area contributed by atoms with Crippen LogP contribution in [-0.4, -0.2) is 56.6 Å². The minimum Gasteiger partial charge on any atom is -0.340 e. The highest BCUT2D eigenvalue weighted by Gasteiger charge is 2.43. The van der Waals surface area contributed by atoms with Crippen molar-refractivity contribution in [1.29, 1.82) is 0 Å². The van der Waals surface area contributed by atoms with E-state index in [9.17, 15) is 9.18 Å². The van der Waals surface area contributed by atoms with Crippen LogP contribution in [0.25, 0.3) is 5.52 Å². The Morgan fingerprint density at radius 2 is 1.79 bits per heavy atom. The molecule has 0 spiro atoms. The summed E-state index contributed by atoms with van der Waals surface area (Å²) in [6, 6.07) is 7.63. The molecule has 3 aromatic heterocycles. The monoisotopic (exact) mass is 458 g/mol. The number of halogens is 1. The van der Waals surface area contributed by atoms with Crippen molar-refractivity contribution >= 4 is 17.4 Å². The van der Waals surface area contributed by atoms with E-state index in [4.69, 9.17) is 0 Å². The molecule has 174 valence electrons. The molecule has 0 aromatic carbocycles. The molecular formula is C26H27FN6O. The number of carbonyl (C=O) groups excluding carboxylic acids is 1. The largest absolute Gasteiger partial charge is 0.340 e. The van der Waals surface area contributed by atoms with Crippen molar-refractivity contribution in [1.82, 2.24) is 24.5 Å². The maximum Gasteiger partial charge on any atom is 0.258 e. The van der Waals surface area contributed by atoms with Gasteiger partial charge >= 0.3 is 0 Å². The summed E-state index contributed by atoms with van der Waals surface area (Å²) in [5.74, 6) is 0.691. The van der Waals surface area contributed by atoms with Crippen molar-refractivity contribution in [3.63, 3.8) is 0 Å². The van der Waals surface area contributed by atoms with Gasteiger partial charge in [-0.15, -0.1) is 0 Å². The van der Waals surface area contributed by atoms with E-state index in [0.29, 0.717) is 42.6 Å². The van der Waals surface area contributed by atoms with Gasteiger partial charge in [-0.3, -0.25) is 4.79 Å². The number of nitrogens with zero attached hydrogens (tertiary/aromatic N) is 6. The van der Waals surface area contributed by atoms with Gasteiger partial charge in [0.05, 0.1) is 22.7 Å². The van der Waals surface area contributed by atoms with Gasteiger partial charge in [0, 0.05) is 55.6 Å². The first kappa shape index (κ1) is 21.0. The lowest BCUT2D eigenvalue weighted by Crippen LogP contribution is -2.34. The highest BCUT2D eigenvalue weighted by Crippen LogP contribution is 2.38. The van der Waals surface area contributed by atoms with Crippen LogP contribution in [0.3, 0.4) is 0 Å². The standard InChI is InChI=1S/C26H27FN6O/c1-16-11-17(2)29-26(28-16)32-14-18-12-31(13-19(18)15-32)25(34)23-22-9-5-6-10-33(22)30-24(23)20-7-3-4-8-21(20)27/h3-6,8-11,18-20H,7,12-15H2,1-2H3. The summed E-state index contributed by atoms with van der Waals surface area (Å²) in [5, 5.41) is 4.65. The number of allylic oxidation sites excluding steroid dienone is 4. The minimum atomic E-state index is -0.525. The number of carbonyl (C=O) groups is 1. The number of hydrogen-bond donors (Lipinski definition) is 0. The summed E-state index contributed by atoms with van der Waals surface area (Å²) < 4.78 is 16.4. The lowest BCUT2D eigenvalue weighted by molar-refractivity contribution is 0.0783. The van der Waals surface area contributed by atoms with Crippen LogP contribution in [-0.2, 0) is 0 Å². The average Bonchev–Trinajstić information content (AvgIpc) is 3.50. The van der Waals surface area contributed by atoms with Crippen molar-refractivity contribution in [3.8, 4) is 0 Å². The number of anilines is 1. The van der Waals surface area contributed by atoms with Gasteiger partial charge in [-0.1, -0.05) is 18.2 Å². The maximum atomic E-state index is 14.8. The zero-order valence-corrected chi connectivity index (χ0v) is 19.4. The Bertz CT molecular complexity index is 1310. The topological polar surface area (TPSA) is 66.6 Å². The van der Waals surface area contributed by atoms with Gasteiger partial charge in [-0.2, -0.15) is 5.10 Å². The molecule has 0 N–H and O–H groups in total. The summed E-state index contributed by atoms with van der Waals surface area (Å²) in [7, 11) is 0. The predicted octanol–water partition coefficient (Wildman–Crippen LogP) is 3.85. The molecule has 3 aliphatic rings. The molecule has 3 aromatic rings. The molecular weight excluding hydrogens is 431 g/mol. The Kier molecular flexibility index (Phi) is 4.97. The summed E-state index contributed by atoms with van der Waals surface area (Å²) in [6.45, 7) is 7.01. The molecule has 34 heavy (non-hydrogen) atoms. The number of fused-ring (bicyclic) bond motifs is 2. The Morgan fingerprint density at radius 3 is 2.50 bits per heavy atom. The highest BCUT2D eigenvalue weighted by molar-refractivity contribution is 6.02. The van der Waals surface area contributed by atoms with Gasteiger partial charge in [0.1, 0.15) is 5.83 Å². The number of hydrogen-bond acceptors (Lipinski definition) is 5. The molecule has 0 radical (unpaired) electrons. The second kappa shape index (κ2) is 8.04. The van der Waals surface area contributed by atoms with E-state index in [1.807, 2.05) is 55.3 Å². The number of rotatable bonds is 3. The molecule has 0 saturated carbocycles. The lowest BCUT2D eigenvalue weighted by atomic mass is 9.92. The van der Waals surface area contributed by atoms with Gasteiger partial charge in [-0.05, 0) is 44.5 Å². The van der Waals surface area contributed by atoms with E-state index in [1.54, 1.807) is 10.6 Å². The Morgan fingerprint density at radius 1 is 1.06 bits per heavy atom. The van der Waals surface area contributed by atoms with Crippen LogP contribution >= 0.6 is 0 Å². The fourth-order valence-corrected chi connectivity index (χ4v) is 5.65. The van der Waals surface area contributed by atoms with Crippen LogP contribution < -0.4 is 4.90 Å². The van der Waals surface area contributed by atoms with Crippen molar-refractivity contribution in [2.75, 3.05) is 31.1 Å². The molecule has 2 aliphatic heterocycles. The van der Waals surface area contributed by atoms with E-state index in [1.165, 1.54) is 6.08 Å². The van der Waals surface area contributed by atoms with Crippen LogP contribution in [0.2, 0.25) is 0 Å². The number of aromatic nitrogens is 4. The second-order valence-electron chi connectivity index (χ2n) is 9.64. The van der Waals surface area contributed by atoms with Gasteiger partial charge in [0.15, 0.2) is 0 Å². The average molecular weight is 459 g/mol. The minimum absolute atomic E-state index is 0.0536. The van der Waals surface area contributed by atoms with Gasteiger partial charge in [-0.25, -0.2) is 18.9 Å². The Hall–Kier alpha value is -3.55. The number of pyridine rings is 1. The highest BCUT2D eigenvalue weighted by atomic mass is 19.1. The second-order valence-corrected chi connectivity index (χ2v) is 9.64. The zero-order chi connectivity index (χ0) is 23.4. The molecule has 2 fully saturated rings. The van der Waals surface area contributed by atoms with E-state index in [0.717, 1.165) is 35.9 Å². The zero-order valence-electron chi connectivity index (χ0n) is 19.4. The SMILES string of the molecule is Cc1cc(C)nc(N2CC3CN(C(=O)c4c(C5CC=CC=C5F)nn5ccccc45)CC3C2)n1. The van der Waals surface area contributed by atoms with Crippen LogP contribution in [0.15, 0.2) is 54.5 Å². The summed E-state index contributed by atoms with van der Waals surface area (Å²) in [6.07, 6.45) is 7.43. The van der Waals surface area contributed by atoms with Crippen LogP contribution in [0.4, 0.5) is 10.3 Å². The predicted molar refractivity (Wildman–Crippen MR) is 127 cm³/mol. The normalized spacial score (nSPS) is 24.1. The quantitative estimate of drug-likeness (QED) is 0.597. The lowest BCUT2D eigenvalue weighted by Gasteiger charge is -2.23.